The van der Waals surface area contributed by atoms with E-state index in [1.165, 1.54) is 11.8 Å². The molecule has 0 saturated carbocycles. The lowest BCUT2D eigenvalue weighted by molar-refractivity contribution is -0.120. The molecule has 0 bridgehead atoms. The summed E-state index contributed by atoms with van der Waals surface area (Å²) in [6.45, 7) is 5.76. The van der Waals surface area contributed by atoms with Gasteiger partial charge in [-0.2, -0.15) is 4.98 Å². The summed E-state index contributed by atoms with van der Waals surface area (Å²) in [6, 6.07) is 21.7. The van der Waals surface area contributed by atoms with Crippen LogP contribution in [0.4, 0.5) is 0 Å². The van der Waals surface area contributed by atoms with Gasteiger partial charge in [-0.1, -0.05) is 72.4 Å². The van der Waals surface area contributed by atoms with Crippen LogP contribution in [0.5, 0.6) is 0 Å². The molecule has 0 aliphatic heterocycles. The van der Waals surface area contributed by atoms with Crippen molar-refractivity contribution in [1.29, 1.82) is 0 Å². The maximum absolute atomic E-state index is 13.0. The first-order valence-corrected chi connectivity index (χ1v) is 10.7. The van der Waals surface area contributed by atoms with Crippen LogP contribution in [-0.2, 0) is 4.79 Å². The lowest BCUT2D eigenvalue weighted by Gasteiger charge is -2.21. The number of nitrogens with zero attached hydrogens (tertiary/aromatic N) is 4. The molecule has 4 aromatic rings. The predicted octanol–water partition coefficient (Wildman–Crippen LogP) is 4.13. The van der Waals surface area contributed by atoms with Gasteiger partial charge in [-0.25, -0.2) is 9.50 Å². The smallest absolute Gasteiger partial charge is 0.253 e. The summed E-state index contributed by atoms with van der Waals surface area (Å²) in [5.41, 5.74) is 3.93. The summed E-state index contributed by atoms with van der Waals surface area (Å²) in [6.07, 6.45) is 0. The van der Waals surface area contributed by atoms with Crippen molar-refractivity contribution in [3.8, 4) is 0 Å². The highest BCUT2D eigenvalue weighted by atomic mass is 32.2. The van der Waals surface area contributed by atoms with Crippen molar-refractivity contribution < 1.29 is 4.79 Å². The molecule has 6 nitrogen and oxygen atoms in total. The van der Waals surface area contributed by atoms with E-state index in [1.807, 2.05) is 87.5 Å². The first-order chi connectivity index (χ1) is 14.5. The number of nitrogens with one attached hydrogen (secondary N) is 1. The van der Waals surface area contributed by atoms with E-state index in [-0.39, 0.29) is 17.2 Å². The average molecular weight is 418 g/mol. The highest BCUT2D eigenvalue weighted by Crippen LogP contribution is 2.25. The Morgan fingerprint density at radius 2 is 1.57 bits per heavy atom. The van der Waals surface area contributed by atoms with E-state index in [1.54, 1.807) is 4.52 Å². The fraction of sp³-hybridized carbons (Fsp3) is 0.217. The van der Waals surface area contributed by atoms with E-state index in [9.17, 15) is 4.79 Å². The number of carbonyl (C=O) groups is 1. The Balaban J connectivity index is 1.53. The van der Waals surface area contributed by atoms with Crippen LogP contribution in [0.25, 0.3) is 5.78 Å². The summed E-state index contributed by atoms with van der Waals surface area (Å²) in [5.74, 6) is 0.478. The Morgan fingerprint density at radius 3 is 2.17 bits per heavy atom. The minimum atomic E-state index is -0.362. The molecule has 1 atom stereocenters. The van der Waals surface area contributed by atoms with Crippen LogP contribution in [-0.4, -0.2) is 30.7 Å². The van der Waals surface area contributed by atoms with E-state index < -0.39 is 0 Å². The van der Waals surface area contributed by atoms with Gasteiger partial charge >= 0.3 is 0 Å². The molecule has 0 saturated heterocycles. The Kier molecular flexibility index (Phi) is 5.81. The van der Waals surface area contributed by atoms with Gasteiger partial charge in [-0.05, 0) is 38.0 Å². The molecule has 7 heteroatoms. The van der Waals surface area contributed by atoms with E-state index >= 15 is 0 Å². The van der Waals surface area contributed by atoms with Gasteiger partial charge in [0.1, 0.15) is 0 Å². The number of fused-ring (bicyclic) bond motifs is 1. The maximum atomic E-state index is 13.0. The second kappa shape index (κ2) is 8.67. The first-order valence-electron chi connectivity index (χ1n) is 9.79. The SMILES string of the molecule is Cc1cc(C)n2nc(S[C@@H](C)C(=O)NC(c3ccccc3)c3ccccc3)nc2n1. The lowest BCUT2D eigenvalue weighted by atomic mass is 9.98. The molecule has 1 N–H and O–H groups in total. The van der Waals surface area contributed by atoms with Gasteiger partial charge in [0, 0.05) is 11.4 Å². The molecule has 2 aromatic carbocycles. The summed E-state index contributed by atoms with van der Waals surface area (Å²) in [5, 5.41) is 7.86. The van der Waals surface area contributed by atoms with Crippen LogP contribution in [0.3, 0.4) is 0 Å². The Bertz CT molecular complexity index is 1120. The van der Waals surface area contributed by atoms with Gasteiger partial charge in [0.25, 0.3) is 5.78 Å². The molecular formula is C23H23N5OS. The molecule has 0 spiro atoms. The molecule has 0 unspecified atom stereocenters. The van der Waals surface area contributed by atoms with Gasteiger partial charge in [0.15, 0.2) is 0 Å². The van der Waals surface area contributed by atoms with Gasteiger partial charge in [-0.15, -0.1) is 5.10 Å². The van der Waals surface area contributed by atoms with Gasteiger partial charge in [-0.3, -0.25) is 4.79 Å². The normalized spacial score (nSPS) is 12.3. The monoisotopic (exact) mass is 417 g/mol. The predicted molar refractivity (Wildman–Crippen MR) is 118 cm³/mol. The lowest BCUT2D eigenvalue weighted by Crippen LogP contribution is -2.35. The average Bonchev–Trinajstić information content (AvgIpc) is 3.15. The number of thioether (sulfide) groups is 1. The van der Waals surface area contributed by atoms with Crippen molar-refractivity contribution in [1.82, 2.24) is 24.9 Å². The number of rotatable bonds is 6. The molecule has 0 fully saturated rings. The molecule has 0 aliphatic rings. The van der Waals surface area contributed by atoms with E-state index in [4.69, 9.17) is 0 Å². The summed E-state index contributed by atoms with van der Waals surface area (Å²) in [4.78, 5) is 21.9. The molecule has 30 heavy (non-hydrogen) atoms. The third-order valence-corrected chi connectivity index (χ3v) is 5.75. The zero-order valence-electron chi connectivity index (χ0n) is 17.1. The number of amides is 1. The number of benzene rings is 2. The molecular weight excluding hydrogens is 394 g/mol. The zero-order valence-corrected chi connectivity index (χ0v) is 17.9. The summed E-state index contributed by atoms with van der Waals surface area (Å²) < 4.78 is 1.71. The minimum absolute atomic E-state index is 0.0718. The third-order valence-electron chi connectivity index (χ3n) is 4.80. The van der Waals surface area contributed by atoms with Crippen LogP contribution < -0.4 is 5.32 Å². The van der Waals surface area contributed by atoms with Crippen molar-refractivity contribution in [2.24, 2.45) is 0 Å². The molecule has 2 aromatic heterocycles. The van der Waals surface area contributed by atoms with Gasteiger partial charge < -0.3 is 5.32 Å². The fourth-order valence-electron chi connectivity index (χ4n) is 3.32. The fourth-order valence-corrected chi connectivity index (χ4v) is 4.07. The highest BCUT2D eigenvalue weighted by molar-refractivity contribution is 8.00. The molecule has 2 heterocycles. The van der Waals surface area contributed by atoms with Gasteiger partial charge in [0.2, 0.25) is 11.1 Å². The van der Waals surface area contributed by atoms with Crippen molar-refractivity contribution in [3.63, 3.8) is 0 Å². The summed E-state index contributed by atoms with van der Waals surface area (Å²) >= 11 is 1.33. The molecule has 4 rings (SSSR count). The molecule has 1 amide bonds. The Hall–Kier alpha value is -3.19. The Labute approximate surface area is 179 Å². The number of carbonyl (C=O) groups excluding carboxylic acids is 1. The van der Waals surface area contributed by atoms with Crippen molar-refractivity contribution in [2.45, 2.75) is 37.2 Å². The number of aromatic nitrogens is 4. The van der Waals surface area contributed by atoms with Crippen LogP contribution in [0, 0.1) is 13.8 Å². The van der Waals surface area contributed by atoms with Crippen molar-refractivity contribution >= 4 is 23.4 Å². The van der Waals surface area contributed by atoms with Crippen LogP contribution >= 0.6 is 11.8 Å². The second-order valence-corrected chi connectivity index (χ2v) is 8.48. The largest absolute Gasteiger partial charge is 0.344 e. The number of hydrogen-bond acceptors (Lipinski definition) is 5. The quantitative estimate of drug-likeness (QED) is 0.478. The number of aryl methyl sites for hydroxylation is 2. The second-order valence-electron chi connectivity index (χ2n) is 7.17. The van der Waals surface area contributed by atoms with Crippen molar-refractivity contribution in [2.75, 3.05) is 0 Å². The van der Waals surface area contributed by atoms with Gasteiger partial charge in [0.05, 0.1) is 11.3 Å². The maximum Gasteiger partial charge on any atom is 0.253 e. The Morgan fingerprint density at radius 1 is 0.967 bits per heavy atom. The van der Waals surface area contributed by atoms with E-state index in [2.05, 4.69) is 20.4 Å². The topological polar surface area (TPSA) is 72.2 Å². The third kappa shape index (κ3) is 4.36. The van der Waals surface area contributed by atoms with E-state index in [0.29, 0.717) is 10.9 Å². The minimum Gasteiger partial charge on any atom is -0.344 e. The molecule has 0 radical (unpaired) electrons. The standard InChI is InChI=1S/C23H23N5OS/c1-15-14-16(2)28-22(24-15)26-23(27-28)30-17(3)21(29)25-20(18-10-6-4-7-11-18)19-12-8-5-9-13-19/h4-14,17,20H,1-3H3,(H,25,29)/t17-/m0/s1. The molecule has 152 valence electrons. The van der Waals surface area contributed by atoms with Crippen molar-refractivity contribution in [3.05, 3.63) is 89.2 Å². The summed E-state index contributed by atoms with van der Waals surface area (Å²) in [7, 11) is 0. The van der Waals surface area contributed by atoms with E-state index in [0.717, 1.165) is 22.5 Å². The molecule has 0 aliphatic carbocycles. The van der Waals surface area contributed by atoms with Crippen LogP contribution in [0.2, 0.25) is 0 Å². The highest BCUT2D eigenvalue weighted by Gasteiger charge is 2.23. The zero-order chi connectivity index (χ0) is 21.1. The van der Waals surface area contributed by atoms with Crippen LogP contribution in [0.1, 0.15) is 35.5 Å². The number of hydrogen-bond donors (Lipinski definition) is 1. The first kappa shape index (κ1) is 20.1. The van der Waals surface area contributed by atoms with Crippen LogP contribution in [0.15, 0.2) is 71.9 Å².